The molecule has 180 valence electrons. The van der Waals surface area contributed by atoms with Gasteiger partial charge in [-0.3, -0.25) is 9.59 Å². The van der Waals surface area contributed by atoms with Gasteiger partial charge in [0.15, 0.2) is 5.69 Å². The summed E-state index contributed by atoms with van der Waals surface area (Å²) in [5.41, 5.74) is -0.446. The second-order valence-corrected chi connectivity index (χ2v) is 7.69. The smallest absolute Gasteiger partial charge is 0.416 e. The van der Waals surface area contributed by atoms with Crippen LogP contribution in [0.3, 0.4) is 0 Å². The van der Waals surface area contributed by atoms with E-state index in [1.807, 2.05) is 6.07 Å². The first-order valence-electron chi connectivity index (χ1n) is 10.5. The first-order valence-corrected chi connectivity index (χ1v) is 10.5. The van der Waals surface area contributed by atoms with Crippen molar-refractivity contribution in [2.45, 2.75) is 26.3 Å². The molecule has 35 heavy (non-hydrogen) atoms. The molecule has 4 rings (SSSR count). The highest BCUT2D eigenvalue weighted by molar-refractivity contribution is 6.02. The molecule has 0 bridgehead atoms. The Bertz CT molecular complexity index is 1400. The molecule has 1 N–H and O–H groups in total. The number of benzene rings is 2. The molecule has 0 aliphatic rings. The zero-order valence-corrected chi connectivity index (χ0v) is 18.5. The van der Waals surface area contributed by atoms with Crippen LogP contribution >= 0.6 is 0 Å². The maximum Gasteiger partial charge on any atom is 0.416 e. The predicted octanol–water partition coefficient (Wildman–Crippen LogP) is 5.12. The van der Waals surface area contributed by atoms with Gasteiger partial charge in [-0.05, 0) is 55.0 Å². The van der Waals surface area contributed by atoms with Crippen molar-refractivity contribution in [2.75, 3.05) is 5.32 Å². The largest absolute Gasteiger partial charge is 0.467 e. The van der Waals surface area contributed by atoms with Crippen LogP contribution < -0.4 is 10.7 Å². The number of aryl methyl sites for hydroxylation is 1. The number of anilines is 1. The number of halogens is 3. The number of carbonyl (C=O) groups excluding carboxylic acids is 1. The second kappa shape index (κ2) is 9.98. The van der Waals surface area contributed by atoms with E-state index in [0.29, 0.717) is 11.4 Å². The van der Waals surface area contributed by atoms with E-state index in [0.717, 1.165) is 28.4 Å². The number of hydrogen-bond acceptors (Lipinski definition) is 5. The number of aromatic nitrogens is 2. The fourth-order valence-electron chi connectivity index (χ4n) is 3.37. The number of nitrogens with one attached hydrogen (secondary N) is 1. The molecule has 2 aromatic carbocycles. The van der Waals surface area contributed by atoms with E-state index in [9.17, 15) is 22.8 Å². The molecule has 0 saturated carbocycles. The maximum absolute atomic E-state index is 13.1. The van der Waals surface area contributed by atoms with Gasteiger partial charge in [-0.2, -0.15) is 18.3 Å². The average molecular weight is 483 g/mol. The van der Waals surface area contributed by atoms with Crippen LogP contribution in [0.15, 0.2) is 82.2 Å². The van der Waals surface area contributed by atoms with E-state index in [1.54, 1.807) is 36.6 Å². The van der Waals surface area contributed by atoms with Gasteiger partial charge in [-0.1, -0.05) is 18.2 Å². The summed E-state index contributed by atoms with van der Waals surface area (Å²) in [5.74, 6) is -0.110. The number of furan rings is 1. The molecule has 0 aliphatic carbocycles. The van der Waals surface area contributed by atoms with E-state index in [2.05, 4.69) is 10.4 Å². The third-order valence-electron chi connectivity index (χ3n) is 5.02. The number of alkyl halides is 3. The molecular weight excluding hydrogens is 463 g/mol. The molecule has 0 spiro atoms. The lowest BCUT2D eigenvalue weighted by Crippen LogP contribution is -2.27. The molecular formula is C25H20F3N3O4. The van der Waals surface area contributed by atoms with Crippen molar-refractivity contribution in [3.8, 4) is 5.69 Å². The topological polar surface area (TPSA) is 86.4 Å². The summed E-state index contributed by atoms with van der Waals surface area (Å²) in [6.07, 6.45) is -3.00. The summed E-state index contributed by atoms with van der Waals surface area (Å²) in [5, 5.41) is 6.66. The molecule has 0 saturated heterocycles. The Morgan fingerprint density at radius 1 is 1.06 bits per heavy atom. The summed E-state index contributed by atoms with van der Waals surface area (Å²) >= 11 is 0. The van der Waals surface area contributed by atoms with E-state index < -0.39 is 28.8 Å². The van der Waals surface area contributed by atoms with Gasteiger partial charge in [0.1, 0.15) is 12.4 Å². The van der Waals surface area contributed by atoms with Crippen LogP contribution in [0.2, 0.25) is 0 Å². The zero-order chi connectivity index (χ0) is 25.0. The average Bonchev–Trinajstić information content (AvgIpc) is 3.32. The molecule has 0 aliphatic heterocycles. The molecule has 1 amide bonds. The van der Waals surface area contributed by atoms with E-state index in [-0.39, 0.29) is 24.6 Å². The third-order valence-corrected chi connectivity index (χ3v) is 5.02. The van der Waals surface area contributed by atoms with Gasteiger partial charge in [0.2, 0.25) is 5.43 Å². The Kier molecular flexibility index (Phi) is 6.83. The number of nitrogens with zero attached hydrogens (tertiary/aromatic N) is 2. The Hall–Kier alpha value is -4.18. The second-order valence-electron chi connectivity index (χ2n) is 7.69. The number of amides is 1. The summed E-state index contributed by atoms with van der Waals surface area (Å²) in [6.45, 7) is 2.06. The van der Waals surface area contributed by atoms with Crippen LogP contribution in [0.25, 0.3) is 5.69 Å². The highest BCUT2D eigenvalue weighted by Crippen LogP contribution is 2.30. The molecule has 0 atom stereocenters. The molecule has 0 radical (unpaired) electrons. The minimum absolute atomic E-state index is 0.0714. The first-order chi connectivity index (χ1) is 16.7. The van der Waals surface area contributed by atoms with Crippen molar-refractivity contribution in [2.24, 2.45) is 0 Å². The van der Waals surface area contributed by atoms with Crippen molar-refractivity contribution in [3.63, 3.8) is 0 Å². The standard InChI is InChI=1S/C25H20F3N3O4/c1-16-11-22(32)23(30-31(16)20-8-3-6-18(13-20)25(26,27)28)24(33)29-19-7-2-5-17(12-19)14-34-15-21-9-4-10-35-21/h2-13H,14-15H2,1H3,(H,29,33). The van der Waals surface area contributed by atoms with Crippen molar-refractivity contribution in [1.82, 2.24) is 9.78 Å². The van der Waals surface area contributed by atoms with E-state index in [4.69, 9.17) is 9.15 Å². The summed E-state index contributed by atoms with van der Waals surface area (Å²) in [6, 6.07) is 16.0. The number of ether oxygens (including phenoxy) is 1. The van der Waals surface area contributed by atoms with Gasteiger partial charge in [-0.25, -0.2) is 4.68 Å². The molecule has 7 nitrogen and oxygen atoms in total. The molecule has 4 aromatic rings. The van der Waals surface area contributed by atoms with Gasteiger partial charge in [0, 0.05) is 17.4 Å². The lowest BCUT2D eigenvalue weighted by Gasteiger charge is -2.14. The Balaban J connectivity index is 1.53. The monoisotopic (exact) mass is 483 g/mol. The maximum atomic E-state index is 13.1. The SMILES string of the molecule is Cc1cc(=O)c(C(=O)Nc2cccc(COCc3ccco3)c2)nn1-c1cccc(C(F)(F)F)c1. The predicted molar refractivity (Wildman–Crippen MR) is 121 cm³/mol. The Morgan fingerprint density at radius 3 is 2.60 bits per heavy atom. The number of rotatable bonds is 7. The van der Waals surface area contributed by atoms with Crippen LogP contribution in [-0.2, 0) is 24.1 Å². The zero-order valence-electron chi connectivity index (χ0n) is 18.5. The fourth-order valence-corrected chi connectivity index (χ4v) is 3.37. The van der Waals surface area contributed by atoms with E-state index in [1.165, 1.54) is 19.1 Å². The van der Waals surface area contributed by atoms with Crippen molar-refractivity contribution < 1.29 is 27.1 Å². The Morgan fingerprint density at radius 2 is 1.86 bits per heavy atom. The molecule has 2 heterocycles. The van der Waals surface area contributed by atoms with Gasteiger partial charge >= 0.3 is 6.18 Å². The first kappa shape index (κ1) is 24.0. The van der Waals surface area contributed by atoms with Gasteiger partial charge in [-0.15, -0.1) is 0 Å². The third kappa shape index (κ3) is 5.85. The number of carbonyl (C=O) groups is 1. The molecule has 0 fully saturated rings. The number of hydrogen-bond donors (Lipinski definition) is 1. The van der Waals surface area contributed by atoms with E-state index >= 15 is 0 Å². The van der Waals surface area contributed by atoms with Crippen LogP contribution in [0, 0.1) is 6.92 Å². The Labute approximate surface area is 197 Å². The van der Waals surface area contributed by atoms with Crippen molar-refractivity contribution >= 4 is 11.6 Å². The minimum Gasteiger partial charge on any atom is -0.467 e. The lowest BCUT2D eigenvalue weighted by atomic mass is 10.2. The molecule has 2 aromatic heterocycles. The fraction of sp³-hybridized carbons (Fsp3) is 0.160. The van der Waals surface area contributed by atoms with Gasteiger partial charge in [0.05, 0.1) is 24.1 Å². The lowest BCUT2D eigenvalue weighted by molar-refractivity contribution is -0.137. The minimum atomic E-state index is -4.55. The molecule has 0 unspecified atom stereocenters. The highest BCUT2D eigenvalue weighted by atomic mass is 19.4. The normalized spacial score (nSPS) is 11.4. The highest BCUT2D eigenvalue weighted by Gasteiger charge is 2.30. The van der Waals surface area contributed by atoms with Gasteiger partial charge < -0.3 is 14.5 Å². The van der Waals surface area contributed by atoms with Gasteiger partial charge in [0.25, 0.3) is 5.91 Å². The summed E-state index contributed by atoms with van der Waals surface area (Å²) in [7, 11) is 0. The summed E-state index contributed by atoms with van der Waals surface area (Å²) in [4.78, 5) is 25.3. The molecule has 10 heteroatoms. The van der Waals surface area contributed by atoms with Crippen molar-refractivity contribution in [1.29, 1.82) is 0 Å². The quantitative estimate of drug-likeness (QED) is 0.394. The van der Waals surface area contributed by atoms with Crippen LogP contribution in [0.4, 0.5) is 18.9 Å². The van der Waals surface area contributed by atoms with Crippen LogP contribution in [0.5, 0.6) is 0 Å². The summed E-state index contributed by atoms with van der Waals surface area (Å²) < 4.78 is 51.3. The van der Waals surface area contributed by atoms with Crippen LogP contribution in [-0.4, -0.2) is 15.7 Å². The van der Waals surface area contributed by atoms with Crippen molar-refractivity contribution in [3.05, 3.63) is 111 Å². The van der Waals surface area contributed by atoms with Crippen LogP contribution in [0.1, 0.15) is 33.1 Å².